The van der Waals surface area contributed by atoms with Gasteiger partial charge in [-0.3, -0.25) is 4.79 Å². The van der Waals surface area contributed by atoms with Crippen LogP contribution in [-0.2, 0) is 14.3 Å². The van der Waals surface area contributed by atoms with Crippen molar-refractivity contribution in [1.82, 2.24) is 0 Å². The third-order valence-electron chi connectivity index (χ3n) is 4.67. The molecule has 0 saturated carbocycles. The minimum atomic E-state index is -0.950. The third kappa shape index (κ3) is 5.63. The number of benzene rings is 2. The molecule has 6 heteroatoms. The van der Waals surface area contributed by atoms with Crippen molar-refractivity contribution in [3.8, 4) is 11.5 Å². The quantitative estimate of drug-likeness (QED) is 0.503. The Hall–Kier alpha value is -3.28. The number of hydrogen-bond acceptors (Lipinski definition) is 5. The number of esters is 1. The maximum Gasteiger partial charge on any atom is 0.331 e. The Balaban J connectivity index is 2.07. The van der Waals surface area contributed by atoms with Crippen LogP contribution in [0.3, 0.4) is 0 Å². The fourth-order valence-corrected chi connectivity index (χ4v) is 3.04. The molecule has 0 spiro atoms. The highest BCUT2D eigenvalue weighted by atomic mass is 16.5. The second kappa shape index (κ2) is 10.5. The van der Waals surface area contributed by atoms with Crippen LogP contribution >= 0.6 is 0 Å². The number of rotatable bonds is 8. The minimum absolute atomic E-state index is 0.249. The van der Waals surface area contributed by atoms with E-state index in [2.05, 4.69) is 19.2 Å². The van der Waals surface area contributed by atoms with Gasteiger partial charge >= 0.3 is 5.97 Å². The third-order valence-corrected chi connectivity index (χ3v) is 4.67. The fraction of sp³-hybridized carbons (Fsp3) is 0.333. The van der Waals surface area contributed by atoms with E-state index < -0.39 is 12.1 Å². The summed E-state index contributed by atoms with van der Waals surface area (Å²) in [4.78, 5) is 24.8. The van der Waals surface area contributed by atoms with Gasteiger partial charge in [0, 0.05) is 17.3 Å². The Kier molecular flexibility index (Phi) is 8.04. The molecule has 0 bridgehead atoms. The highest BCUT2D eigenvalue weighted by Gasteiger charge is 2.19. The van der Waals surface area contributed by atoms with E-state index in [0.717, 1.165) is 16.8 Å². The minimum Gasteiger partial charge on any atom is -0.493 e. The Bertz CT molecular complexity index is 933. The predicted octanol–water partition coefficient (Wildman–Crippen LogP) is 4.72. The molecule has 0 radical (unpaired) electrons. The highest BCUT2D eigenvalue weighted by Crippen LogP contribution is 2.31. The topological polar surface area (TPSA) is 73.9 Å². The number of amides is 1. The smallest absolute Gasteiger partial charge is 0.331 e. The average molecular weight is 411 g/mol. The summed E-state index contributed by atoms with van der Waals surface area (Å²) < 4.78 is 15.8. The Labute approximate surface area is 177 Å². The second-order valence-electron chi connectivity index (χ2n) is 7.18. The molecular weight excluding hydrogens is 382 g/mol. The molecule has 2 aromatic rings. The zero-order valence-corrected chi connectivity index (χ0v) is 18.3. The van der Waals surface area contributed by atoms with Gasteiger partial charge in [-0.2, -0.15) is 0 Å². The zero-order chi connectivity index (χ0) is 22.3. The summed E-state index contributed by atoms with van der Waals surface area (Å²) in [6, 6.07) is 11.2. The van der Waals surface area contributed by atoms with Crippen molar-refractivity contribution in [3.63, 3.8) is 0 Å². The Morgan fingerprint density at radius 2 is 1.70 bits per heavy atom. The summed E-state index contributed by atoms with van der Waals surface area (Å²) in [5, 5.41) is 2.90. The monoisotopic (exact) mass is 411 g/mol. The maximum absolute atomic E-state index is 12.6. The molecule has 0 aliphatic heterocycles. The van der Waals surface area contributed by atoms with Crippen LogP contribution < -0.4 is 14.8 Å². The van der Waals surface area contributed by atoms with Gasteiger partial charge in [0.2, 0.25) is 0 Å². The van der Waals surface area contributed by atoms with E-state index in [9.17, 15) is 9.59 Å². The van der Waals surface area contributed by atoms with Crippen LogP contribution in [-0.4, -0.2) is 32.2 Å². The SMILES string of the molecule is COc1cccc(/C=C/C(=O)O[C@H](C)C(=O)Nc2c(C)cccc2C(C)C)c1OC. The highest BCUT2D eigenvalue weighted by molar-refractivity contribution is 5.97. The number of nitrogens with one attached hydrogen (secondary N) is 1. The Morgan fingerprint density at radius 1 is 1.00 bits per heavy atom. The number of ether oxygens (including phenoxy) is 3. The molecule has 2 aromatic carbocycles. The molecule has 160 valence electrons. The second-order valence-corrected chi connectivity index (χ2v) is 7.18. The summed E-state index contributed by atoms with van der Waals surface area (Å²) >= 11 is 0. The van der Waals surface area contributed by atoms with Crippen LogP contribution in [0.2, 0.25) is 0 Å². The van der Waals surface area contributed by atoms with Crippen molar-refractivity contribution in [3.05, 3.63) is 59.2 Å². The average Bonchev–Trinajstić information content (AvgIpc) is 2.72. The molecule has 0 aliphatic rings. The Morgan fingerprint density at radius 3 is 2.33 bits per heavy atom. The molecule has 0 fully saturated rings. The van der Waals surface area contributed by atoms with E-state index in [1.54, 1.807) is 38.3 Å². The van der Waals surface area contributed by atoms with Gasteiger partial charge in [0.05, 0.1) is 14.2 Å². The van der Waals surface area contributed by atoms with E-state index >= 15 is 0 Å². The van der Waals surface area contributed by atoms with Crippen molar-refractivity contribution in [2.24, 2.45) is 0 Å². The summed E-state index contributed by atoms with van der Waals surface area (Å²) in [6.45, 7) is 7.60. The summed E-state index contributed by atoms with van der Waals surface area (Å²) in [6.07, 6.45) is 1.87. The van der Waals surface area contributed by atoms with Crippen LogP contribution in [0, 0.1) is 6.92 Å². The molecule has 0 saturated heterocycles. The van der Waals surface area contributed by atoms with E-state index in [1.807, 2.05) is 25.1 Å². The lowest BCUT2D eigenvalue weighted by Crippen LogP contribution is -2.30. The molecule has 0 unspecified atom stereocenters. The molecule has 0 aliphatic carbocycles. The lowest BCUT2D eigenvalue weighted by Gasteiger charge is -2.18. The van der Waals surface area contributed by atoms with Gasteiger partial charge in [0.25, 0.3) is 5.91 Å². The number of carbonyl (C=O) groups is 2. The molecule has 2 rings (SSSR count). The molecule has 1 amide bonds. The molecule has 6 nitrogen and oxygen atoms in total. The standard InChI is InChI=1S/C24H29NO5/c1-15(2)19-11-7-9-16(3)22(19)25-24(27)17(4)30-21(26)14-13-18-10-8-12-20(28-5)23(18)29-6/h7-15,17H,1-6H3,(H,25,27)/b14-13+/t17-/m1/s1. The summed E-state index contributed by atoms with van der Waals surface area (Å²) in [5.41, 5.74) is 3.41. The van der Waals surface area contributed by atoms with Crippen molar-refractivity contribution in [2.45, 2.75) is 39.7 Å². The lowest BCUT2D eigenvalue weighted by molar-refractivity contribution is -0.148. The van der Waals surface area contributed by atoms with Crippen molar-refractivity contribution < 1.29 is 23.8 Å². The number of para-hydroxylation sites is 2. The van der Waals surface area contributed by atoms with Crippen molar-refractivity contribution >= 4 is 23.6 Å². The largest absolute Gasteiger partial charge is 0.493 e. The number of aryl methyl sites for hydroxylation is 1. The molecular formula is C24H29NO5. The molecule has 30 heavy (non-hydrogen) atoms. The molecule has 0 heterocycles. The van der Waals surface area contributed by atoms with E-state index in [-0.39, 0.29) is 11.8 Å². The van der Waals surface area contributed by atoms with E-state index in [4.69, 9.17) is 14.2 Å². The molecule has 0 aromatic heterocycles. The predicted molar refractivity (Wildman–Crippen MR) is 118 cm³/mol. The van der Waals surface area contributed by atoms with Gasteiger partial charge in [-0.15, -0.1) is 0 Å². The lowest BCUT2D eigenvalue weighted by atomic mass is 9.98. The van der Waals surface area contributed by atoms with Crippen LogP contribution in [0.1, 0.15) is 43.4 Å². The van der Waals surface area contributed by atoms with Gasteiger partial charge in [-0.05, 0) is 43.0 Å². The van der Waals surface area contributed by atoms with Gasteiger partial charge in [0.15, 0.2) is 17.6 Å². The molecule has 1 atom stereocenters. The van der Waals surface area contributed by atoms with Crippen LogP contribution in [0.15, 0.2) is 42.5 Å². The number of anilines is 1. The summed E-state index contributed by atoms with van der Waals surface area (Å²) in [5.74, 6) is 0.303. The first kappa shape index (κ1) is 23.0. The van der Waals surface area contributed by atoms with Gasteiger partial charge in [-0.1, -0.05) is 44.2 Å². The van der Waals surface area contributed by atoms with E-state index in [0.29, 0.717) is 17.1 Å². The van der Waals surface area contributed by atoms with Crippen LogP contribution in [0.5, 0.6) is 11.5 Å². The van der Waals surface area contributed by atoms with Crippen molar-refractivity contribution in [2.75, 3.05) is 19.5 Å². The fourth-order valence-electron chi connectivity index (χ4n) is 3.04. The van der Waals surface area contributed by atoms with E-state index in [1.165, 1.54) is 13.2 Å². The van der Waals surface area contributed by atoms with Gasteiger partial charge in [0.1, 0.15) is 0 Å². The first-order valence-corrected chi connectivity index (χ1v) is 9.78. The molecule has 1 N–H and O–H groups in total. The normalized spacial score (nSPS) is 12.0. The first-order chi connectivity index (χ1) is 14.3. The first-order valence-electron chi connectivity index (χ1n) is 9.78. The van der Waals surface area contributed by atoms with Crippen molar-refractivity contribution in [1.29, 1.82) is 0 Å². The maximum atomic E-state index is 12.6. The van der Waals surface area contributed by atoms with Gasteiger partial charge < -0.3 is 19.5 Å². The zero-order valence-electron chi connectivity index (χ0n) is 18.3. The van der Waals surface area contributed by atoms with Crippen LogP contribution in [0.4, 0.5) is 5.69 Å². The van der Waals surface area contributed by atoms with Gasteiger partial charge in [-0.25, -0.2) is 4.79 Å². The van der Waals surface area contributed by atoms with Crippen LogP contribution in [0.25, 0.3) is 6.08 Å². The number of carbonyl (C=O) groups excluding carboxylic acids is 2. The number of hydrogen-bond donors (Lipinski definition) is 1. The summed E-state index contributed by atoms with van der Waals surface area (Å²) in [7, 11) is 3.07. The number of methoxy groups -OCH3 is 2.